The van der Waals surface area contributed by atoms with Crippen molar-refractivity contribution in [3.05, 3.63) is 54.2 Å². The Labute approximate surface area is 180 Å². The van der Waals surface area contributed by atoms with Crippen LogP contribution in [0.5, 0.6) is 5.75 Å². The minimum atomic E-state index is -0.510. The molecule has 1 amide bonds. The van der Waals surface area contributed by atoms with Gasteiger partial charge in [0.2, 0.25) is 0 Å². The first-order valence-corrected chi connectivity index (χ1v) is 10.3. The van der Waals surface area contributed by atoms with Crippen molar-refractivity contribution in [3.63, 3.8) is 0 Å². The second kappa shape index (κ2) is 9.09. The second-order valence-electron chi connectivity index (χ2n) is 7.55. The number of rotatable bonds is 6. The number of quaternary nitrogens is 1. The van der Waals surface area contributed by atoms with E-state index in [9.17, 15) is 9.59 Å². The average molecular weight is 423 g/mol. The first kappa shape index (κ1) is 20.7. The number of para-hydroxylation sites is 3. The minimum absolute atomic E-state index is 0.129. The summed E-state index contributed by atoms with van der Waals surface area (Å²) in [5, 5.41) is 3.72. The number of piperazine rings is 1. The SMILES string of the molecule is COC(=O)c1[nH]c2ccccc2c1NC(=O)C[NH+]1CCN(c2ccccc2OC)CC1. The number of nitrogens with one attached hydrogen (secondary N) is 3. The Morgan fingerprint density at radius 2 is 1.77 bits per heavy atom. The van der Waals surface area contributed by atoms with E-state index >= 15 is 0 Å². The Kier molecular flexibility index (Phi) is 6.08. The predicted octanol–water partition coefficient (Wildman–Crippen LogP) is 1.31. The van der Waals surface area contributed by atoms with E-state index in [1.54, 1.807) is 7.11 Å². The normalized spacial score (nSPS) is 14.5. The Hall–Kier alpha value is -3.52. The molecular weight excluding hydrogens is 396 g/mol. The molecule has 0 unspecified atom stereocenters. The van der Waals surface area contributed by atoms with Crippen LogP contribution in [0.1, 0.15) is 10.5 Å². The van der Waals surface area contributed by atoms with Gasteiger partial charge in [0.05, 0.1) is 51.8 Å². The third-order valence-electron chi connectivity index (χ3n) is 5.67. The molecule has 2 aromatic carbocycles. The zero-order valence-corrected chi connectivity index (χ0v) is 17.7. The first-order chi connectivity index (χ1) is 15.1. The Balaban J connectivity index is 1.41. The van der Waals surface area contributed by atoms with Gasteiger partial charge in [-0.25, -0.2) is 4.79 Å². The van der Waals surface area contributed by atoms with Gasteiger partial charge in [0, 0.05) is 10.9 Å². The molecule has 1 saturated heterocycles. The fourth-order valence-corrected chi connectivity index (χ4v) is 4.07. The number of anilines is 2. The van der Waals surface area contributed by atoms with Gasteiger partial charge in [0.1, 0.15) is 11.4 Å². The number of ether oxygens (including phenoxy) is 2. The zero-order chi connectivity index (χ0) is 21.8. The molecule has 1 aromatic heterocycles. The van der Waals surface area contributed by atoms with E-state index in [1.807, 2.05) is 42.5 Å². The number of esters is 1. The van der Waals surface area contributed by atoms with E-state index < -0.39 is 5.97 Å². The number of carbonyl (C=O) groups is 2. The summed E-state index contributed by atoms with van der Waals surface area (Å²) in [5.74, 6) is 0.221. The molecule has 0 saturated carbocycles. The summed E-state index contributed by atoms with van der Waals surface area (Å²) in [4.78, 5) is 31.5. The van der Waals surface area contributed by atoms with E-state index in [0.717, 1.165) is 48.5 Å². The number of amides is 1. The summed E-state index contributed by atoms with van der Waals surface area (Å²) in [6.45, 7) is 3.68. The van der Waals surface area contributed by atoms with E-state index in [-0.39, 0.29) is 11.6 Å². The highest BCUT2D eigenvalue weighted by atomic mass is 16.5. The van der Waals surface area contributed by atoms with Crippen molar-refractivity contribution in [3.8, 4) is 5.75 Å². The molecule has 8 nitrogen and oxygen atoms in total. The third kappa shape index (κ3) is 4.34. The van der Waals surface area contributed by atoms with E-state index in [0.29, 0.717) is 12.2 Å². The standard InChI is InChI=1S/C23H26N4O4/c1-30-19-10-6-5-9-18(19)27-13-11-26(12-14-27)15-20(28)25-21-16-7-3-4-8-17(16)24-22(21)23(29)31-2/h3-10,24H,11-15H2,1-2H3,(H,25,28)/p+1. The van der Waals surface area contributed by atoms with Crippen LogP contribution in [-0.4, -0.2) is 63.8 Å². The number of aromatic amines is 1. The van der Waals surface area contributed by atoms with Gasteiger partial charge in [-0.15, -0.1) is 0 Å². The highest BCUT2D eigenvalue weighted by molar-refractivity contribution is 6.11. The van der Waals surface area contributed by atoms with Crippen LogP contribution in [0, 0.1) is 0 Å². The van der Waals surface area contributed by atoms with Gasteiger partial charge in [-0.3, -0.25) is 4.79 Å². The maximum Gasteiger partial charge on any atom is 0.356 e. The number of carbonyl (C=O) groups excluding carboxylic acids is 2. The number of hydrogen-bond acceptors (Lipinski definition) is 5. The molecule has 2 heterocycles. The van der Waals surface area contributed by atoms with Crippen LogP contribution in [0.2, 0.25) is 0 Å². The monoisotopic (exact) mass is 423 g/mol. The lowest BCUT2D eigenvalue weighted by atomic mass is 10.2. The Morgan fingerprint density at radius 1 is 1.06 bits per heavy atom. The van der Waals surface area contributed by atoms with Crippen LogP contribution in [0.15, 0.2) is 48.5 Å². The predicted molar refractivity (Wildman–Crippen MR) is 119 cm³/mol. The average Bonchev–Trinajstić information content (AvgIpc) is 3.17. The van der Waals surface area contributed by atoms with Gasteiger partial charge < -0.3 is 29.6 Å². The molecule has 162 valence electrons. The summed E-state index contributed by atoms with van der Waals surface area (Å²) in [5.41, 5.74) is 2.58. The van der Waals surface area contributed by atoms with Crippen molar-refractivity contribution in [2.75, 3.05) is 57.2 Å². The third-order valence-corrected chi connectivity index (χ3v) is 5.67. The smallest absolute Gasteiger partial charge is 0.356 e. The van der Waals surface area contributed by atoms with Gasteiger partial charge >= 0.3 is 5.97 Å². The molecule has 0 bridgehead atoms. The number of benzene rings is 2. The molecule has 3 N–H and O–H groups in total. The van der Waals surface area contributed by atoms with Crippen molar-refractivity contribution in [1.29, 1.82) is 0 Å². The summed E-state index contributed by atoms with van der Waals surface area (Å²) in [6.07, 6.45) is 0. The number of nitrogens with zero attached hydrogens (tertiary/aromatic N) is 1. The molecule has 8 heteroatoms. The van der Waals surface area contributed by atoms with Crippen molar-refractivity contribution in [1.82, 2.24) is 4.98 Å². The molecule has 3 aromatic rings. The van der Waals surface area contributed by atoms with Gasteiger partial charge in [0.25, 0.3) is 5.91 Å². The Morgan fingerprint density at radius 3 is 2.52 bits per heavy atom. The molecule has 1 fully saturated rings. The molecule has 31 heavy (non-hydrogen) atoms. The molecule has 0 spiro atoms. The number of aromatic nitrogens is 1. The van der Waals surface area contributed by atoms with Crippen LogP contribution in [-0.2, 0) is 9.53 Å². The molecule has 1 aliphatic rings. The van der Waals surface area contributed by atoms with E-state index in [2.05, 4.69) is 21.3 Å². The topological polar surface area (TPSA) is 88.1 Å². The molecule has 1 aliphatic heterocycles. The lowest BCUT2D eigenvalue weighted by molar-refractivity contribution is -0.892. The summed E-state index contributed by atoms with van der Waals surface area (Å²) < 4.78 is 10.3. The molecule has 0 aliphatic carbocycles. The largest absolute Gasteiger partial charge is 0.495 e. The molecule has 4 rings (SSSR count). The zero-order valence-electron chi connectivity index (χ0n) is 17.7. The van der Waals surface area contributed by atoms with Crippen molar-refractivity contribution >= 4 is 34.2 Å². The number of hydrogen-bond donors (Lipinski definition) is 3. The van der Waals surface area contributed by atoms with Crippen molar-refractivity contribution < 1.29 is 24.0 Å². The van der Waals surface area contributed by atoms with Crippen LogP contribution < -0.4 is 19.9 Å². The number of fused-ring (bicyclic) bond motifs is 1. The quantitative estimate of drug-likeness (QED) is 0.521. The van der Waals surface area contributed by atoms with Gasteiger partial charge in [-0.2, -0.15) is 0 Å². The Bertz CT molecular complexity index is 1090. The fourth-order valence-electron chi connectivity index (χ4n) is 4.07. The van der Waals surface area contributed by atoms with Crippen LogP contribution in [0.3, 0.4) is 0 Å². The lowest BCUT2D eigenvalue weighted by Gasteiger charge is -2.34. The van der Waals surface area contributed by atoms with Crippen molar-refractivity contribution in [2.24, 2.45) is 0 Å². The van der Waals surface area contributed by atoms with Gasteiger partial charge in [0.15, 0.2) is 6.54 Å². The highest BCUT2D eigenvalue weighted by Gasteiger charge is 2.26. The molecule has 0 radical (unpaired) electrons. The first-order valence-electron chi connectivity index (χ1n) is 10.3. The van der Waals surface area contributed by atoms with Crippen LogP contribution >= 0.6 is 0 Å². The number of methoxy groups -OCH3 is 2. The summed E-state index contributed by atoms with van der Waals surface area (Å²) in [7, 11) is 3.00. The lowest BCUT2D eigenvalue weighted by Crippen LogP contribution is -3.15. The summed E-state index contributed by atoms with van der Waals surface area (Å²) >= 11 is 0. The summed E-state index contributed by atoms with van der Waals surface area (Å²) in [6, 6.07) is 15.5. The second-order valence-corrected chi connectivity index (χ2v) is 7.55. The highest BCUT2D eigenvalue weighted by Crippen LogP contribution is 2.28. The molecule has 0 atom stereocenters. The van der Waals surface area contributed by atoms with Gasteiger partial charge in [-0.1, -0.05) is 30.3 Å². The number of H-pyrrole nitrogens is 1. The van der Waals surface area contributed by atoms with Crippen molar-refractivity contribution in [2.45, 2.75) is 0 Å². The van der Waals surface area contributed by atoms with Crippen LogP contribution in [0.25, 0.3) is 10.9 Å². The van der Waals surface area contributed by atoms with Crippen LogP contribution in [0.4, 0.5) is 11.4 Å². The maximum absolute atomic E-state index is 12.8. The molecular formula is C23H27N4O4+. The van der Waals surface area contributed by atoms with Gasteiger partial charge in [-0.05, 0) is 18.2 Å². The van der Waals surface area contributed by atoms with E-state index in [1.165, 1.54) is 12.0 Å². The maximum atomic E-state index is 12.8. The van der Waals surface area contributed by atoms with E-state index in [4.69, 9.17) is 9.47 Å². The minimum Gasteiger partial charge on any atom is -0.495 e. The fraction of sp³-hybridized carbons (Fsp3) is 0.304.